The van der Waals surface area contributed by atoms with E-state index in [4.69, 9.17) is 0 Å². The van der Waals surface area contributed by atoms with Crippen LogP contribution in [0.15, 0.2) is 0 Å². The van der Waals surface area contributed by atoms with Crippen LogP contribution >= 0.6 is 0 Å². The van der Waals surface area contributed by atoms with Crippen LogP contribution in [0.3, 0.4) is 0 Å². The SMILES string of the molecule is CC(C)(C)C1CCN(C2CCCCC2C#N)C1. The van der Waals surface area contributed by atoms with Crippen molar-refractivity contribution < 1.29 is 0 Å². The third-order valence-corrected chi connectivity index (χ3v) is 4.81. The summed E-state index contributed by atoms with van der Waals surface area (Å²) in [6.07, 6.45) is 6.26. The molecule has 0 spiro atoms. The van der Waals surface area contributed by atoms with Gasteiger partial charge in [-0.3, -0.25) is 4.90 Å². The fourth-order valence-electron chi connectivity index (χ4n) is 3.49. The van der Waals surface area contributed by atoms with Gasteiger partial charge in [0.05, 0.1) is 12.0 Å². The molecule has 96 valence electrons. The maximum Gasteiger partial charge on any atom is 0.0672 e. The lowest BCUT2D eigenvalue weighted by molar-refractivity contribution is 0.137. The maximum absolute atomic E-state index is 9.27. The van der Waals surface area contributed by atoms with E-state index in [9.17, 15) is 5.26 Å². The van der Waals surface area contributed by atoms with Gasteiger partial charge >= 0.3 is 0 Å². The Hall–Kier alpha value is -0.550. The fourth-order valence-corrected chi connectivity index (χ4v) is 3.49. The fraction of sp³-hybridized carbons (Fsp3) is 0.933. The van der Waals surface area contributed by atoms with Crippen molar-refractivity contribution in [2.45, 2.75) is 58.9 Å². The maximum atomic E-state index is 9.27. The van der Waals surface area contributed by atoms with E-state index in [1.807, 2.05) is 0 Å². The van der Waals surface area contributed by atoms with Crippen LogP contribution in [0.2, 0.25) is 0 Å². The molecular formula is C15H26N2. The van der Waals surface area contributed by atoms with E-state index >= 15 is 0 Å². The molecule has 1 heterocycles. The topological polar surface area (TPSA) is 27.0 Å². The smallest absolute Gasteiger partial charge is 0.0672 e. The molecule has 2 aliphatic rings. The Bertz CT molecular complexity index is 297. The van der Waals surface area contributed by atoms with Gasteiger partial charge in [-0.2, -0.15) is 5.26 Å². The highest BCUT2D eigenvalue weighted by molar-refractivity contribution is 4.98. The lowest BCUT2D eigenvalue weighted by atomic mass is 9.80. The molecule has 17 heavy (non-hydrogen) atoms. The first-order valence-corrected chi connectivity index (χ1v) is 7.16. The van der Waals surface area contributed by atoms with Gasteiger partial charge < -0.3 is 0 Å². The van der Waals surface area contributed by atoms with Crippen LogP contribution in [-0.2, 0) is 0 Å². The quantitative estimate of drug-likeness (QED) is 0.695. The molecule has 1 saturated heterocycles. The summed E-state index contributed by atoms with van der Waals surface area (Å²) < 4.78 is 0. The zero-order chi connectivity index (χ0) is 12.5. The van der Waals surface area contributed by atoms with Gasteiger partial charge in [-0.05, 0) is 37.1 Å². The number of rotatable bonds is 1. The molecule has 0 aromatic carbocycles. The second-order valence-electron chi connectivity index (χ2n) is 6.93. The molecule has 3 unspecified atom stereocenters. The van der Waals surface area contributed by atoms with Crippen molar-refractivity contribution in [2.24, 2.45) is 17.3 Å². The Labute approximate surface area is 106 Å². The number of hydrogen-bond acceptors (Lipinski definition) is 2. The van der Waals surface area contributed by atoms with Gasteiger partial charge in [-0.1, -0.05) is 33.6 Å². The Morgan fingerprint density at radius 3 is 2.41 bits per heavy atom. The van der Waals surface area contributed by atoms with Gasteiger partial charge in [0.25, 0.3) is 0 Å². The first-order valence-electron chi connectivity index (χ1n) is 7.16. The number of likely N-dealkylation sites (tertiary alicyclic amines) is 1. The highest BCUT2D eigenvalue weighted by Crippen LogP contribution is 2.37. The van der Waals surface area contributed by atoms with Crippen LogP contribution in [0.4, 0.5) is 0 Å². The first kappa shape index (κ1) is 12.9. The lowest BCUT2D eigenvalue weighted by Gasteiger charge is -2.35. The van der Waals surface area contributed by atoms with Crippen LogP contribution in [0, 0.1) is 28.6 Å². The van der Waals surface area contributed by atoms with Crippen molar-refractivity contribution in [3.05, 3.63) is 0 Å². The molecule has 1 aliphatic carbocycles. The van der Waals surface area contributed by atoms with Crippen LogP contribution < -0.4 is 0 Å². The minimum Gasteiger partial charge on any atom is -0.299 e. The van der Waals surface area contributed by atoms with E-state index in [0.29, 0.717) is 17.4 Å². The summed E-state index contributed by atoms with van der Waals surface area (Å²) in [6, 6.07) is 3.10. The van der Waals surface area contributed by atoms with Crippen LogP contribution in [0.25, 0.3) is 0 Å². The molecule has 2 rings (SSSR count). The van der Waals surface area contributed by atoms with Crippen LogP contribution in [-0.4, -0.2) is 24.0 Å². The molecule has 0 radical (unpaired) electrons. The highest BCUT2D eigenvalue weighted by atomic mass is 15.2. The first-order chi connectivity index (χ1) is 8.02. The second-order valence-corrected chi connectivity index (χ2v) is 6.93. The molecule has 3 atom stereocenters. The number of nitriles is 1. The van der Waals surface area contributed by atoms with E-state index in [1.54, 1.807) is 0 Å². The Balaban J connectivity index is 1.98. The van der Waals surface area contributed by atoms with Crippen molar-refractivity contribution >= 4 is 0 Å². The van der Waals surface area contributed by atoms with E-state index in [2.05, 4.69) is 31.7 Å². The second kappa shape index (κ2) is 4.98. The zero-order valence-corrected chi connectivity index (χ0v) is 11.6. The molecule has 0 aromatic heterocycles. The predicted molar refractivity (Wildman–Crippen MR) is 70.5 cm³/mol. The van der Waals surface area contributed by atoms with Gasteiger partial charge in [-0.25, -0.2) is 0 Å². The molecule has 2 nitrogen and oxygen atoms in total. The largest absolute Gasteiger partial charge is 0.299 e. The molecular weight excluding hydrogens is 208 g/mol. The van der Waals surface area contributed by atoms with Crippen LogP contribution in [0.5, 0.6) is 0 Å². The summed E-state index contributed by atoms with van der Waals surface area (Å²) in [5.74, 6) is 1.10. The zero-order valence-electron chi connectivity index (χ0n) is 11.6. The summed E-state index contributed by atoms with van der Waals surface area (Å²) in [6.45, 7) is 9.48. The monoisotopic (exact) mass is 234 g/mol. The highest BCUT2D eigenvalue weighted by Gasteiger charge is 2.38. The molecule has 1 saturated carbocycles. The Kier molecular flexibility index (Phi) is 3.78. The van der Waals surface area contributed by atoms with Gasteiger partial charge in [0, 0.05) is 12.6 Å². The molecule has 0 N–H and O–H groups in total. The van der Waals surface area contributed by atoms with Crippen LogP contribution in [0.1, 0.15) is 52.9 Å². The summed E-state index contributed by atoms with van der Waals surface area (Å²) >= 11 is 0. The van der Waals surface area contributed by atoms with Crippen molar-refractivity contribution in [1.82, 2.24) is 4.90 Å². The molecule has 2 fully saturated rings. The third kappa shape index (κ3) is 2.83. The third-order valence-electron chi connectivity index (χ3n) is 4.81. The van der Waals surface area contributed by atoms with E-state index in [0.717, 1.165) is 12.3 Å². The van der Waals surface area contributed by atoms with Crippen molar-refractivity contribution in [2.75, 3.05) is 13.1 Å². The summed E-state index contributed by atoms with van der Waals surface area (Å²) in [5, 5.41) is 9.27. The normalized spacial score (nSPS) is 35.8. The standard InChI is InChI=1S/C15H26N2/c1-15(2,3)13-8-9-17(11-13)14-7-5-4-6-12(14)10-16/h12-14H,4-9,11H2,1-3H3. The Morgan fingerprint density at radius 2 is 1.82 bits per heavy atom. The van der Waals surface area contributed by atoms with Gasteiger partial charge in [-0.15, -0.1) is 0 Å². The molecule has 0 bridgehead atoms. The van der Waals surface area contributed by atoms with Crippen molar-refractivity contribution in [1.29, 1.82) is 5.26 Å². The van der Waals surface area contributed by atoms with Gasteiger partial charge in [0.2, 0.25) is 0 Å². The minimum absolute atomic E-state index is 0.294. The predicted octanol–water partition coefficient (Wildman–Crippen LogP) is 3.44. The Morgan fingerprint density at radius 1 is 1.12 bits per heavy atom. The van der Waals surface area contributed by atoms with Gasteiger partial charge in [0.15, 0.2) is 0 Å². The number of hydrogen-bond donors (Lipinski definition) is 0. The van der Waals surface area contributed by atoms with Crippen molar-refractivity contribution in [3.8, 4) is 6.07 Å². The molecule has 0 aromatic rings. The summed E-state index contributed by atoms with van der Waals surface area (Å²) in [5.41, 5.74) is 0.422. The average molecular weight is 234 g/mol. The van der Waals surface area contributed by atoms with E-state index in [-0.39, 0.29) is 0 Å². The molecule has 0 amide bonds. The van der Waals surface area contributed by atoms with E-state index in [1.165, 1.54) is 38.8 Å². The summed E-state index contributed by atoms with van der Waals surface area (Å²) in [7, 11) is 0. The van der Waals surface area contributed by atoms with Crippen molar-refractivity contribution in [3.63, 3.8) is 0 Å². The minimum atomic E-state index is 0.294. The number of nitrogens with zero attached hydrogens (tertiary/aromatic N) is 2. The molecule has 1 aliphatic heterocycles. The van der Waals surface area contributed by atoms with Gasteiger partial charge in [0.1, 0.15) is 0 Å². The van der Waals surface area contributed by atoms with E-state index < -0.39 is 0 Å². The lowest BCUT2D eigenvalue weighted by Crippen LogP contribution is -2.41. The molecule has 2 heteroatoms. The summed E-state index contributed by atoms with van der Waals surface area (Å²) in [4.78, 5) is 2.61. The average Bonchev–Trinajstić information content (AvgIpc) is 2.77.